The van der Waals surface area contributed by atoms with Crippen molar-refractivity contribution in [2.24, 2.45) is 5.92 Å². The standard InChI is InChI=1S/C15H18ClN5O3/c1-3-10-11(12(16)19-18-10)13(22)21-4-9-5-23-7-15(9,6-21)14-20-17-8(2)24-14/h9H,3-7H2,1-2H3,(H,18,19)/t9-,15-/m0/s1. The van der Waals surface area contributed by atoms with Crippen LogP contribution < -0.4 is 0 Å². The van der Waals surface area contributed by atoms with Crippen molar-refractivity contribution in [2.45, 2.75) is 25.7 Å². The van der Waals surface area contributed by atoms with Gasteiger partial charge in [-0.25, -0.2) is 0 Å². The van der Waals surface area contributed by atoms with Crippen LogP contribution >= 0.6 is 11.6 Å². The molecule has 8 nitrogen and oxygen atoms in total. The molecule has 2 aliphatic heterocycles. The van der Waals surface area contributed by atoms with Crippen molar-refractivity contribution in [3.8, 4) is 0 Å². The fourth-order valence-corrected chi connectivity index (χ4v) is 3.91. The van der Waals surface area contributed by atoms with Gasteiger partial charge in [0.2, 0.25) is 11.8 Å². The number of aromatic nitrogens is 4. The van der Waals surface area contributed by atoms with Gasteiger partial charge in [0.05, 0.1) is 24.2 Å². The highest BCUT2D eigenvalue weighted by Crippen LogP contribution is 2.43. The van der Waals surface area contributed by atoms with Crippen molar-refractivity contribution in [1.29, 1.82) is 0 Å². The van der Waals surface area contributed by atoms with Gasteiger partial charge in [0.1, 0.15) is 0 Å². The van der Waals surface area contributed by atoms with E-state index in [0.29, 0.717) is 50.1 Å². The molecule has 1 N–H and O–H groups in total. The molecular weight excluding hydrogens is 334 g/mol. The van der Waals surface area contributed by atoms with Gasteiger partial charge in [-0.2, -0.15) is 5.10 Å². The highest BCUT2D eigenvalue weighted by Gasteiger charge is 2.56. The lowest BCUT2D eigenvalue weighted by atomic mass is 9.81. The number of rotatable bonds is 3. The third-order valence-corrected chi connectivity index (χ3v) is 5.25. The Hall–Kier alpha value is -1.93. The second-order valence-corrected chi connectivity index (χ2v) is 6.76. The number of hydrogen-bond donors (Lipinski definition) is 1. The van der Waals surface area contributed by atoms with Gasteiger partial charge in [-0.15, -0.1) is 10.2 Å². The number of hydrogen-bond acceptors (Lipinski definition) is 6. The summed E-state index contributed by atoms with van der Waals surface area (Å²) in [6, 6.07) is 0. The van der Waals surface area contributed by atoms with Crippen LogP contribution in [0.15, 0.2) is 4.42 Å². The van der Waals surface area contributed by atoms with E-state index in [-0.39, 0.29) is 17.0 Å². The Morgan fingerprint density at radius 1 is 1.50 bits per heavy atom. The second kappa shape index (κ2) is 5.56. The zero-order chi connectivity index (χ0) is 16.9. The first-order valence-electron chi connectivity index (χ1n) is 7.95. The molecule has 128 valence electrons. The Morgan fingerprint density at radius 3 is 3.04 bits per heavy atom. The monoisotopic (exact) mass is 351 g/mol. The van der Waals surface area contributed by atoms with Crippen LogP contribution in [-0.2, 0) is 16.6 Å². The molecule has 24 heavy (non-hydrogen) atoms. The summed E-state index contributed by atoms with van der Waals surface area (Å²) in [6.45, 7) is 5.81. The lowest BCUT2D eigenvalue weighted by molar-refractivity contribution is 0.0737. The van der Waals surface area contributed by atoms with E-state index in [9.17, 15) is 4.79 Å². The average Bonchev–Trinajstić information content (AvgIpc) is 3.28. The molecule has 4 heterocycles. The maximum Gasteiger partial charge on any atom is 0.258 e. The van der Waals surface area contributed by atoms with E-state index in [2.05, 4.69) is 20.4 Å². The second-order valence-electron chi connectivity index (χ2n) is 6.40. The minimum atomic E-state index is -0.431. The summed E-state index contributed by atoms with van der Waals surface area (Å²) in [5, 5.41) is 15.1. The number of carbonyl (C=O) groups is 1. The van der Waals surface area contributed by atoms with Gasteiger partial charge in [-0.1, -0.05) is 18.5 Å². The SMILES string of the molecule is CCc1[nH]nc(Cl)c1C(=O)N1C[C@H]2COC[C@@]2(c2nnc(C)o2)C1. The number of halogens is 1. The lowest BCUT2D eigenvalue weighted by Crippen LogP contribution is -2.37. The lowest BCUT2D eigenvalue weighted by Gasteiger charge is -2.23. The first kappa shape index (κ1) is 15.6. The van der Waals surface area contributed by atoms with E-state index in [1.54, 1.807) is 11.8 Å². The Morgan fingerprint density at radius 2 is 2.33 bits per heavy atom. The number of fused-ring (bicyclic) bond motifs is 1. The van der Waals surface area contributed by atoms with Crippen LogP contribution in [-0.4, -0.2) is 57.5 Å². The van der Waals surface area contributed by atoms with Crippen molar-refractivity contribution in [2.75, 3.05) is 26.3 Å². The molecule has 2 atom stereocenters. The van der Waals surface area contributed by atoms with E-state index >= 15 is 0 Å². The molecule has 0 unspecified atom stereocenters. The Bertz CT molecular complexity index is 788. The number of nitrogens with zero attached hydrogens (tertiary/aromatic N) is 4. The number of carbonyl (C=O) groups excluding carboxylic acids is 1. The fraction of sp³-hybridized carbons (Fsp3) is 0.600. The number of likely N-dealkylation sites (tertiary alicyclic amines) is 1. The number of aryl methyl sites for hydroxylation is 2. The van der Waals surface area contributed by atoms with Gasteiger partial charge in [0, 0.05) is 31.6 Å². The normalized spacial score (nSPS) is 26.1. The van der Waals surface area contributed by atoms with Gasteiger partial charge >= 0.3 is 0 Å². The number of H-pyrrole nitrogens is 1. The molecule has 0 bridgehead atoms. The summed E-state index contributed by atoms with van der Waals surface area (Å²) < 4.78 is 11.3. The van der Waals surface area contributed by atoms with E-state index in [0.717, 1.165) is 5.69 Å². The van der Waals surface area contributed by atoms with E-state index in [1.165, 1.54) is 0 Å². The largest absolute Gasteiger partial charge is 0.425 e. The minimum absolute atomic E-state index is 0.115. The molecule has 2 aromatic rings. The van der Waals surface area contributed by atoms with Crippen LogP contribution in [0.3, 0.4) is 0 Å². The summed E-state index contributed by atoms with van der Waals surface area (Å²) >= 11 is 6.12. The Labute approximate surface area is 143 Å². The zero-order valence-corrected chi connectivity index (χ0v) is 14.3. The molecule has 0 aliphatic carbocycles. The highest BCUT2D eigenvalue weighted by molar-refractivity contribution is 6.32. The number of ether oxygens (including phenoxy) is 1. The van der Waals surface area contributed by atoms with Gasteiger partial charge < -0.3 is 14.1 Å². The van der Waals surface area contributed by atoms with Crippen LogP contribution in [0, 0.1) is 12.8 Å². The van der Waals surface area contributed by atoms with Crippen LogP contribution in [0.1, 0.15) is 34.8 Å². The summed E-state index contributed by atoms with van der Waals surface area (Å²) in [6.07, 6.45) is 0.662. The van der Waals surface area contributed by atoms with Crippen LogP contribution in [0.4, 0.5) is 0 Å². The molecule has 2 aliphatic rings. The summed E-state index contributed by atoms with van der Waals surface area (Å²) in [5.41, 5.74) is 0.775. The van der Waals surface area contributed by atoms with Crippen molar-refractivity contribution >= 4 is 17.5 Å². The van der Waals surface area contributed by atoms with Crippen LogP contribution in [0.2, 0.25) is 5.15 Å². The summed E-state index contributed by atoms with van der Waals surface area (Å²) in [5.74, 6) is 1.08. The number of amides is 1. The predicted octanol–water partition coefficient (Wildman–Crippen LogP) is 1.36. The maximum atomic E-state index is 13.0. The molecule has 1 amide bonds. The molecule has 4 rings (SSSR count). The van der Waals surface area contributed by atoms with Gasteiger partial charge in [-0.3, -0.25) is 9.89 Å². The van der Waals surface area contributed by atoms with Gasteiger partial charge in [0.25, 0.3) is 5.91 Å². The van der Waals surface area contributed by atoms with E-state index in [1.807, 2.05) is 6.92 Å². The molecule has 0 radical (unpaired) electrons. The predicted molar refractivity (Wildman–Crippen MR) is 83.9 cm³/mol. The average molecular weight is 352 g/mol. The third kappa shape index (κ3) is 2.16. The van der Waals surface area contributed by atoms with Crippen molar-refractivity contribution in [3.63, 3.8) is 0 Å². The summed E-state index contributed by atoms with van der Waals surface area (Å²) in [7, 11) is 0. The van der Waals surface area contributed by atoms with Gasteiger partial charge in [-0.05, 0) is 6.42 Å². The number of nitrogens with one attached hydrogen (secondary N) is 1. The van der Waals surface area contributed by atoms with Crippen LogP contribution in [0.5, 0.6) is 0 Å². The van der Waals surface area contributed by atoms with Crippen LogP contribution in [0.25, 0.3) is 0 Å². The van der Waals surface area contributed by atoms with E-state index < -0.39 is 5.41 Å². The minimum Gasteiger partial charge on any atom is -0.425 e. The molecule has 0 saturated carbocycles. The van der Waals surface area contributed by atoms with Crippen molar-refractivity contribution < 1.29 is 13.9 Å². The topological polar surface area (TPSA) is 97.1 Å². The Balaban J connectivity index is 1.66. The smallest absolute Gasteiger partial charge is 0.258 e. The molecule has 0 spiro atoms. The zero-order valence-electron chi connectivity index (χ0n) is 13.5. The molecular formula is C15H18ClN5O3. The number of aromatic amines is 1. The molecule has 9 heteroatoms. The molecule has 0 aromatic carbocycles. The van der Waals surface area contributed by atoms with Gasteiger partial charge in [0.15, 0.2) is 5.15 Å². The quantitative estimate of drug-likeness (QED) is 0.896. The first-order valence-corrected chi connectivity index (χ1v) is 8.33. The molecule has 2 fully saturated rings. The highest BCUT2D eigenvalue weighted by atomic mass is 35.5. The first-order chi connectivity index (χ1) is 11.5. The maximum absolute atomic E-state index is 13.0. The molecule has 2 aromatic heterocycles. The summed E-state index contributed by atoms with van der Waals surface area (Å²) in [4.78, 5) is 14.8. The van der Waals surface area contributed by atoms with E-state index in [4.69, 9.17) is 20.8 Å². The molecule has 2 saturated heterocycles. The Kier molecular flexibility index (Phi) is 3.61. The van der Waals surface area contributed by atoms with Crippen molar-refractivity contribution in [3.05, 3.63) is 28.2 Å². The third-order valence-electron chi connectivity index (χ3n) is 4.98. The fourth-order valence-electron chi connectivity index (χ4n) is 3.67. The van der Waals surface area contributed by atoms with Crippen molar-refractivity contribution in [1.82, 2.24) is 25.3 Å².